The lowest BCUT2D eigenvalue weighted by molar-refractivity contribution is 0.712. The Labute approximate surface area is 73.0 Å². The molecule has 11 heavy (non-hydrogen) atoms. The molecule has 1 rings (SSSR count). The highest BCUT2D eigenvalue weighted by Crippen LogP contribution is 2.40. The standard InChI is InChI=1S/C5H10N2P3.CH3/c1-5(2,3)10-6-8-4-9-7-10;/h4H,1-3H3;1H3/q+1;-1. The summed E-state index contributed by atoms with van der Waals surface area (Å²) in [4.78, 5) is 0. The summed E-state index contributed by atoms with van der Waals surface area (Å²) in [6.45, 7) is 6.59. The second-order valence-corrected chi connectivity index (χ2v) is 7.72. The Kier molecular flexibility index (Phi) is 4.56. The van der Waals surface area contributed by atoms with E-state index in [1.165, 1.54) is 0 Å². The molecule has 2 nitrogen and oxygen atoms in total. The summed E-state index contributed by atoms with van der Waals surface area (Å²) in [5.41, 5.74) is 2.06. The van der Waals surface area contributed by atoms with Gasteiger partial charge >= 0.3 is 0 Å². The van der Waals surface area contributed by atoms with Gasteiger partial charge in [-0.25, -0.2) is 0 Å². The Morgan fingerprint density at radius 3 is 1.91 bits per heavy atom. The normalized spacial score (nSPS) is 13.5. The highest BCUT2D eigenvalue weighted by Gasteiger charge is 2.22. The summed E-state index contributed by atoms with van der Waals surface area (Å²) in [6.07, 6.45) is 0. The first-order valence-corrected chi connectivity index (χ1v) is 6.12. The van der Waals surface area contributed by atoms with Crippen LogP contribution in [-0.4, -0.2) is 9.02 Å². The Bertz CT molecular complexity index is 207. The van der Waals surface area contributed by atoms with Gasteiger partial charge in [-0.2, -0.15) is 0 Å². The van der Waals surface area contributed by atoms with Crippen molar-refractivity contribution in [2.45, 2.75) is 25.9 Å². The van der Waals surface area contributed by atoms with Crippen LogP contribution >= 0.6 is 24.6 Å². The molecule has 0 atom stereocenters. The van der Waals surface area contributed by atoms with Gasteiger partial charge in [-0.3, -0.25) is 0 Å². The average molecular weight is 206 g/mol. The average Bonchev–Trinajstić information content (AvgIpc) is 1.88. The highest BCUT2D eigenvalue weighted by molar-refractivity contribution is 7.56. The smallest absolute Gasteiger partial charge is 0.227 e. The molecule has 0 saturated heterocycles. The monoisotopic (exact) mass is 206 g/mol. The van der Waals surface area contributed by atoms with Crippen LogP contribution in [0.2, 0.25) is 0 Å². The molecule has 0 unspecified atom stereocenters. The maximum Gasteiger partial charge on any atom is 0.227 e. The Balaban J connectivity index is 0.000001000. The molecule has 0 aliphatic heterocycles. The van der Waals surface area contributed by atoms with E-state index in [2.05, 4.69) is 35.3 Å². The fourth-order valence-electron chi connectivity index (χ4n) is 0.453. The predicted octanol–water partition coefficient (Wildman–Crippen LogP) is 4.11. The second kappa shape index (κ2) is 4.41. The maximum absolute atomic E-state index is 4.41. The van der Waals surface area contributed by atoms with Gasteiger partial charge in [0.05, 0.1) is 5.16 Å². The molecule has 0 amide bonds. The van der Waals surface area contributed by atoms with E-state index < -0.39 is 7.85 Å². The van der Waals surface area contributed by atoms with Gasteiger partial charge in [-0.1, -0.05) is 9.02 Å². The number of nitrogens with zero attached hydrogens (tertiary/aromatic N) is 2. The highest BCUT2D eigenvalue weighted by atomic mass is 31.2. The minimum Gasteiger partial charge on any atom is -0.358 e. The molecule has 62 valence electrons. The molecule has 0 aliphatic rings. The summed E-state index contributed by atoms with van der Waals surface area (Å²) in [7, 11) is 1.81. The Morgan fingerprint density at radius 1 is 1.18 bits per heavy atom. The van der Waals surface area contributed by atoms with Crippen LogP contribution in [-0.2, 0) is 5.16 Å². The second-order valence-electron chi connectivity index (χ2n) is 2.99. The first-order valence-electron chi connectivity index (χ1n) is 3.04. The van der Waals surface area contributed by atoms with Crippen LogP contribution in [0.3, 0.4) is 0 Å². The molecule has 1 heterocycles. The molecule has 0 radical (unpaired) electrons. The van der Waals surface area contributed by atoms with E-state index in [4.69, 9.17) is 0 Å². The van der Waals surface area contributed by atoms with Crippen LogP contribution in [0.15, 0.2) is 5.53 Å². The summed E-state index contributed by atoms with van der Waals surface area (Å²) in [5, 5.41) is 0.267. The number of rotatable bonds is 0. The van der Waals surface area contributed by atoms with Crippen LogP contribution in [0, 0.1) is 7.43 Å². The van der Waals surface area contributed by atoms with Gasteiger partial charge in [-0.15, -0.1) is 0 Å². The largest absolute Gasteiger partial charge is 0.358 e. The maximum atomic E-state index is 4.41. The SMILES string of the molecule is CC(C)(C)[p+]1npcpn1.[CH3-]. The van der Waals surface area contributed by atoms with Crippen LogP contribution in [0.25, 0.3) is 0 Å². The zero-order chi connectivity index (χ0) is 7.61. The lowest BCUT2D eigenvalue weighted by Crippen LogP contribution is -2.01. The lowest BCUT2D eigenvalue weighted by atomic mass is 10.3. The van der Waals surface area contributed by atoms with Gasteiger partial charge in [0.25, 0.3) is 0 Å². The summed E-state index contributed by atoms with van der Waals surface area (Å²) in [6, 6.07) is 0. The first kappa shape index (κ1) is 11.4. The lowest BCUT2D eigenvalue weighted by Gasteiger charge is -2.08. The van der Waals surface area contributed by atoms with Crippen molar-refractivity contribution < 1.29 is 0 Å². The van der Waals surface area contributed by atoms with Gasteiger partial charge in [0, 0.05) is 0 Å². The predicted molar refractivity (Wildman–Crippen MR) is 55.6 cm³/mol. The van der Waals surface area contributed by atoms with Crippen molar-refractivity contribution in [2.24, 2.45) is 0 Å². The molecule has 0 fully saturated rings. The molecular formula is C6H13N2P3. The Morgan fingerprint density at radius 2 is 1.64 bits per heavy atom. The van der Waals surface area contributed by atoms with Gasteiger partial charge in [0.1, 0.15) is 0 Å². The fourth-order valence-corrected chi connectivity index (χ4v) is 5.23. The van der Waals surface area contributed by atoms with Gasteiger partial charge in [-0.05, 0) is 20.8 Å². The zero-order valence-corrected chi connectivity index (χ0v) is 10.00. The molecule has 0 saturated carbocycles. The minimum absolute atomic E-state index is 0. The van der Waals surface area contributed by atoms with E-state index in [-0.39, 0.29) is 12.6 Å². The number of hydrogen-bond donors (Lipinski definition) is 0. The van der Waals surface area contributed by atoms with E-state index in [9.17, 15) is 0 Å². The van der Waals surface area contributed by atoms with Crippen molar-refractivity contribution in [1.82, 2.24) is 9.02 Å². The number of hydrogen-bond acceptors (Lipinski definition) is 2. The summed E-state index contributed by atoms with van der Waals surface area (Å²) >= 11 is 0. The van der Waals surface area contributed by atoms with Crippen molar-refractivity contribution in [3.8, 4) is 0 Å². The summed E-state index contributed by atoms with van der Waals surface area (Å²) in [5.74, 6) is 0. The van der Waals surface area contributed by atoms with Crippen LogP contribution in [0.5, 0.6) is 0 Å². The van der Waals surface area contributed by atoms with Crippen molar-refractivity contribution in [2.75, 3.05) is 0 Å². The van der Waals surface area contributed by atoms with Crippen LogP contribution in [0.1, 0.15) is 20.8 Å². The summed E-state index contributed by atoms with van der Waals surface area (Å²) < 4.78 is 8.82. The third-order valence-corrected chi connectivity index (χ3v) is 5.18. The molecule has 1 aromatic rings. The van der Waals surface area contributed by atoms with E-state index in [0.717, 1.165) is 16.7 Å². The molecule has 0 bridgehead atoms. The van der Waals surface area contributed by atoms with E-state index in [1.54, 1.807) is 0 Å². The molecular weight excluding hydrogens is 193 g/mol. The van der Waals surface area contributed by atoms with E-state index in [0.29, 0.717) is 0 Å². The molecule has 5 heteroatoms. The first-order chi connectivity index (χ1) is 4.61. The minimum atomic E-state index is -0.419. The molecule has 0 aliphatic carbocycles. The van der Waals surface area contributed by atoms with Crippen LogP contribution in [0.4, 0.5) is 0 Å². The molecule has 0 aromatic carbocycles. The zero-order valence-electron chi connectivity index (χ0n) is 7.31. The fraction of sp³-hybridized carbons (Fsp3) is 0.667. The van der Waals surface area contributed by atoms with Crippen LogP contribution < -0.4 is 0 Å². The van der Waals surface area contributed by atoms with E-state index >= 15 is 0 Å². The van der Waals surface area contributed by atoms with E-state index in [1.807, 2.05) is 0 Å². The van der Waals surface area contributed by atoms with Gasteiger partial charge in [0.15, 0.2) is 5.53 Å². The Hall–Kier alpha value is 0.370. The van der Waals surface area contributed by atoms with Crippen molar-refractivity contribution in [3.05, 3.63) is 13.0 Å². The van der Waals surface area contributed by atoms with Crippen molar-refractivity contribution >= 4 is 24.6 Å². The topological polar surface area (TPSA) is 25.8 Å². The van der Waals surface area contributed by atoms with Gasteiger partial charge < -0.3 is 7.43 Å². The van der Waals surface area contributed by atoms with Crippen molar-refractivity contribution in [1.29, 1.82) is 0 Å². The number of aromatic nitrogens is 2. The third-order valence-electron chi connectivity index (χ3n) is 0.976. The van der Waals surface area contributed by atoms with Crippen molar-refractivity contribution in [3.63, 3.8) is 0 Å². The van der Waals surface area contributed by atoms with Gasteiger partial charge in [0.2, 0.25) is 24.6 Å². The molecule has 0 spiro atoms. The third kappa shape index (κ3) is 3.52. The quantitative estimate of drug-likeness (QED) is 0.597. The molecule has 0 N–H and O–H groups in total. The molecule has 1 aromatic heterocycles.